The van der Waals surface area contributed by atoms with E-state index in [9.17, 15) is 0 Å². The molecule has 3 heterocycles. The third-order valence-corrected chi connectivity index (χ3v) is 6.17. The Kier molecular flexibility index (Phi) is 3.79. The van der Waals surface area contributed by atoms with Crippen molar-refractivity contribution in [2.75, 3.05) is 5.32 Å². The highest BCUT2D eigenvalue weighted by Crippen LogP contribution is 2.38. The second-order valence-corrected chi connectivity index (χ2v) is 7.76. The molecule has 1 aliphatic rings. The van der Waals surface area contributed by atoms with Crippen LogP contribution in [-0.2, 0) is 19.9 Å². The molecule has 6 heteroatoms. The van der Waals surface area contributed by atoms with Crippen molar-refractivity contribution in [3.63, 3.8) is 0 Å². The molecule has 1 aromatic carbocycles. The van der Waals surface area contributed by atoms with Crippen molar-refractivity contribution in [3.8, 4) is 22.5 Å². The highest BCUT2D eigenvalue weighted by Gasteiger charge is 2.21. The van der Waals surface area contributed by atoms with Crippen molar-refractivity contribution in [1.82, 2.24) is 19.5 Å². The van der Waals surface area contributed by atoms with Crippen molar-refractivity contribution in [2.45, 2.75) is 19.8 Å². The Morgan fingerprint density at radius 2 is 2.04 bits per heavy atom. The van der Waals surface area contributed by atoms with Crippen LogP contribution >= 0.6 is 11.3 Å². The number of thiophene rings is 1. The predicted molar refractivity (Wildman–Crippen MR) is 109 cm³/mol. The Morgan fingerprint density at radius 3 is 2.89 bits per heavy atom. The zero-order valence-electron chi connectivity index (χ0n) is 15.2. The molecular formula is C21H19N5S. The minimum atomic E-state index is 0.898. The molecule has 1 N–H and O–H groups in total. The minimum Gasteiger partial charge on any atom is -0.340 e. The summed E-state index contributed by atoms with van der Waals surface area (Å²) >= 11 is 1.81. The van der Waals surface area contributed by atoms with Gasteiger partial charge in [0.1, 0.15) is 18.0 Å². The van der Waals surface area contributed by atoms with Crippen LogP contribution in [0.4, 0.5) is 11.5 Å². The maximum Gasteiger partial charge on any atom is 0.137 e. The van der Waals surface area contributed by atoms with Crippen LogP contribution in [0.25, 0.3) is 22.5 Å². The van der Waals surface area contributed by atoms with Gasteiger partial charge in [-0.05, 0) is 43.3 Å². The Morgan fingerprint density at radius 1 is 1.11 bits per heavy atom. The smallest absolute Gasteiger partial charge is 0.137 e. The fourth-order valence-corrected chi connectivity index (χ4v) is 4.52. The van der Waals surface area contributed by atoms with Crippen molar-refractivity contribution in [1.29, 1.82) is 0 Å². The molecule has 5 nitrogen and oxygen atoms in total. The normalized spacial score (nSPS) is 12.5. The summed E-state index contributed by atoms with van der Waals surface area (Å²) in [6.45, 7) is 2.01. The van der Waals surface area contributed by atoms with Crippen LogP contribution in [0.15, 0.2) is 48.2 Å². The molecule has 1 aliphatic carbocycles. The lowest BCUT2D eigenvalue weighted by molar-refractivity contribution is 0.865. The van der Waals surface area contributed by atoms with Crippen LogP contribution in [0, 0.1) is 6.92 Å². The Balaban J connectivity index is 1.52. The van der Waals surface area contributed by atoms with E-state index in [-0.39, 0.29) is 0 Å². The molecule has 0 spiro atoms. The van der Waals surface area contributed by atoms with Crippen LogP contribution in [0.1, 0.15) is 16.3 Å². The third kappa shape index (κ3) is 2.73. The van der Waals surface area contributed by atoms with E-state index in [1.165, 1.54) is 16.0 Å². The van der Waals surface area contributed by atoms with E-state index in [0.29, 0.717) is 0 Å². The monoisotopic (exact) mass is 373 g/mol. The van der Waals surface area contributed by atoms with Gasteiger partial charge in [-0.2, -0.15) is 0 Å². The average molecular weight is 373 g/mol. The molecule has 5 rings (SSSR count). The molecule has 0 atom stereocenters. The van der Waals surface area contributed by atoms with E-state index >= 15 is 0 Å². The summed E-state index contributed by atoms with van der Waals surface area (Å²) in [6, 6.07) is 10.5. The number of nitrogens with one attached hydrogen (secondary N) is 1. The fraction of sp³-hybridized carbons (Fsp3) is 0.190. The van der Waals surface area contributed by atoms with Crippen molar-refractivity contribution < 1.29 is 0 Å². The first-order valence-electron chi connectivity index (χ1n) is 8.97. The van der Waals surface area contributed by atoms with E-state index in [1.807, 2.05) is 31.5 Å². The van der Waals surface area contributed by atoms with Gasteiger partial charge in [0.15, 0.2) is 0 Å². The lowest BCUT2D eigenvalue weighted by Gasteiger charge is -2.19. The van der Waals surface area contributed by atoms with E-state index in [4.69, 9.17) is 0 Å². The number of imidazole rings is 1. The lowest BCUT2D eigenvalue weighted by Crippen LogP contribution is -2.08. The predicted octanol–water partition coefficient (Wildman–Crippen LogP) is 4.76. The molecule has 27 heavy (non-hydrogen) atoms. The van der Waals surface area contributed by atoms with Crippen molar-refractivity contribution in [3.05, 3.63) is 64.5 Å². The molecule has 3 aromatic heterocycles. The summed E-state index contributed by atoms with van der Waals surface area (Å²) in [7, 11) is 2.04. The summed E-state index contributed by atoms with van der Waals surface area (Å²) in [5, 5.41) is 5.66. The highest BCUT2D eigenvalue weighted by atomic mass is 32.1. The number of nitrogens with zero attached hydrogens (tertiary/aromatic N) is 4. The van der Waals surface area contributed by atoms with Crippen LogP contribution in [0.5, 0.6) is 0 Å². The average Bonchev–Trinajstić information content (AvgIpc) is 3.29. The van der Waals surface area contributed by atoms with Gasteiger partial charge >= 0.3 is 0 Å². The number of hydrogen-bond donors (Lipinski definition) is 1. The van der Waals surface area contributed by atoms with E-state index < -0.39 is 0 Å². The van der Waals surface area contributed by atoms with E-state index in [2.05, 4.69) is 60.5 Å². The summed E-state index contributed by atoms with van der Waals surface area (Å²) in [5.74, 6) is 1.90. The van der Waals surface area contributed by atoms with Gasteiger partial charge in [0.25, 0.3) is 0 Å². The van der Waals surface area contributed by atoms with Gasteiger partial charge in [0.2, 0.25) is 0 Å². The zero-order chi connectivity index (χ0) is 18.4. The number of hydrogen-bond acceptors (Lipinski definition) is 5. The Labute approximate surface area is 161 Å². The number of benzene rings is 1. The number of aryl methyl sites for hydroxylation is 2. The van der Waals surface area contributed by atoms with Crippen molar-refractivity contribution >= 4 is 22.8 Å². The summed E-state index contributed by atoms with van der Waals surface area (Å²) in [4.78, 5) is 14.9. The molecule has 134 valence electrons. The van der Waals surface area contributed by atoms with Gasteiger partial charge in [-0.25, -0.2) is 15.0 Å². The molecule has 0 radical (unpaired) electrons. The largest absolute Gasteiger partial charge is 0.340 e. The van der Waals surface area contributed by atoms with Gasteiger partial charge in [0, 0.05) is 34.3 Å². The lowest BCUT2D eigenvalue weighted by atomic mass is 9.95. The molecule has 0 bridgehead atoms. The topological polar surface area (TPSA) is 55.6 Å². The molecule has 4 aromatic rings. The Hall–Kier alpha value is -2.99. The van der Waals surface area contributed by atoms with Gasteiger partial charge in [-0.3, -0.25) is 0 Å². The van der Waals surface area contributed by atoms with Crippen molar-refractivity contribution in [2.24, 2.45) is 7.05 Å². The standard InChI is InChI=1S/C21H19N5S/c1-13-22-11-18(26(13)2)14-4-3-5-15(10-14)25-21-17-6-7-19-16(8-9-27-19)20(17)23-12-24-21/h3-5,8-12H,6-7H2,1-2H3,(H,23,24,25). The summed E-state index contributed by atoms with van der Waals surface area (Å²) in [5.41, 5.74) is 6.77. The summed E-state index contributed by atoms with van der Waals surface area (Å²) < 4.78 is 2.10. The first-order chi connectivity index (χ1) is 13.2. The number of rotatable bonds is 3. The van der Waals surface area contributed by atoms with E-state index in [1.54, 1.807) is 6.33 Å². The van der Waals surface area contributed by atoms with E-state index in [0.717, 1.165) is 47.1 Å². The summed E-state index contributed by atoms with van der Waals surface area (Å²) in [6.07, 6.45) is 5.59. The highest BCUT2D eigenvalue weighted by molar-refractivity contribution is 7.10. The molecule has 0 saturated heterocycles. The first kappa shape index (κ1) is 16.2. The molecule has 0 saturated carbocycles. The third-order valence-electron chi connectivity index (χ3n) is 5.19. The molecule has 0 unspecified atom stereocenters. The molecular weight excluding hydrogens is 354 g/mol. The molecule has 0 amide bonds. The van der Waals surface area contributed by atoms with Gasteiger partial charge in [-0.1, -0.05) is 12.1 Å². The maximum atomic E-state index is 4.56. The van der Waals surface area contributed by atoms with Gasteiger partial charge < -0.3 is 9.88 Å². The van der Waals surface area contributed by atoms with Crippen LogP contribution in [0.2, 0.25) is 0 Å². The number of fused-ring (bicyclic) bond motifs is 3. The molecule has 0 aliphatic heterocycles. The zero-order valence-corrected chi connectivity index (χ0v) is 16.0. The fourth-order valence-electron chi connectivity index (χ4n) is 3.64. The SMILES string of the molecule is Cc1ncc(-c2cccc(Nc3ncnc4c3CCc3sccc3-4)c2)n1C. The number of anilines is 2. The Bertz CT molecular complexity index is 1140. The quantitative estimate of drug-likeness (QED) is 0.563. The second-order valence-electron chi connectivity index (χ2n) is 6.76. The first-order valence-corrected chi connectivity index (χ1v) is 9.85. The van der Waals surface area contributed by atoms with Gasteiger partial charge in [0.05, 0.1) is 17.6 Å². The molecule has 0 fully saturated rings. The second kappa shape index (κ2) is 6.32. The van der Waals surface area contributed by atoms with Crippen LogP contribution in [0.3, 0.4) is 0 Å². The van der Waals surface area contributed by atoms with Gasteiger partial charge in [-0.15, -0.1) is 11.3 Å². The minimum absolute atomic E-state index is 0.898. The van der Waals surface area contributed by atoms with Crippen LogP contribution in [-0.4, -0.2) is 19.5 Å². The number of aromatic nitrogens is 4. The maximum absolute atomic E-state index is 4.56. The van der Waals surface area contributed by atoms with Crippen LogP contribution < -0.4 is 5.32 Å².